The van der Waals surface area contributed by atoms with Gasteiger partial charge in [0.1, 0.15) is 5.65 Å². The van der Waals surface area contributed by atoms with Gasteiger partial charge in [0.25, 0.3) is 5.91 Å². The van der Waals surface area contributed by atoms with Crippen molar-refractivity contribution in [1.82, 2.24) is 14.7 Å². The molecule has 8 heteroatoms. The molecule has 2 N–H and O–H groups in total. The van der Waals surface area contributed by atoms with Crippen LogP contribution in [0.25, 0.3) is 16.8 Å². The second-order valence-corrected chi connectivity index (χ2v) is 7.43. The van der Waals surface area contributed by atoms with Crippen LogP contribution in [0.5, 0.6) is 0 Å². The molecule has 0 saturated heterocycles. The molecule has 3 aromatic heterocycles. The quantitative estimate of drug-likeness (QED) is 0.614. The van der Waals surface area contributed by atoms with Crippen molar-refractivity contribution in [2.75, 3.05) is 25.6 Å². The first-order chi connectivity index (χ1) is 13.1. The average molecular weight is 384 g/mol. The van der Waals surface area contributed by atoms with Crippen molar-refractivity contribution in [1.29, 1.82) is 0 Å². The molecule has 1 aliphatic carbocycles. The number of anilines is 1. The number of pyridine rings is 1. The molecule has 3 aromatic rings. The number of aromatic nitrogens is 2. The van der Waals surface area contributed by atoms with Crippen molar-refractivity contribution in [3.8, 4) is 11.1 Å². The molecular formula is C19H20N4O3S. The Balaban J connectivity index is 1.50. The van der Waals surface area contributed by atoms with Gasteiger partial charge in [-0.25, -0.2) is 4.98 Å². The number of hydrogen-bond donors (Lipinski definition) is 2. The number of rotatable bonds is 7. The highest BCUT2D eigenvalue weighted by molar-refractivity contribution is 7.12. The number of methoxy groups -OCH3 is 1. The van der Waals surface area contributed by atoms with E-state index in [4.69, 9.17) is 4.74 Å². The molecule has 0 aromatic carbocycles. The highest BCUT2D eigenvalue weighted by Crippen LogP contribution is 2.30. The Morgan fingerprint density at radius 3 is 2.93 bits per heavy atom. The minimum absolute atomic E-state index is 0.0422. The Morgan fingerprint density at radius 1 is 1.30 bits per heavy atom. The standard InChI is InChI=1S/C19H20N4O3S/c1-26-7-6-20-19(25)15-8-14(11-27-15)13-4-5-17-21-16(10-23(17)9-13)22-18(24)12-2-3-12/h4-5,8-12H,2-3,6-7H2,1H3,(H,20,25)(H,22,24). The smallest absolute Gasteiger partial charge is 0.261 e. The fraction of sp³-hybridized carbons (Fsp3) is 0.316. The summed E-state index contributed by atoms with van der Waals surface area (Å²) < 4.78 is 6.82. The molecule has 0 atom stereocenters. The van der Waals surface area contributed by atoms with Crippen LogP contribution in [-0.2, 0) is 9.53 Å². The van der Waals surface area contributed by atoms with E-state index in [1.807, 2.05) is 40.4 Å². The highest BCUT2D eigenvalue weighted by atomic mass is 32.1. The molecule has 0 unspecified atom stereocenters. The summed E-state index contributed by atoms with van der Waals surface area (Å²) in [6, 6.07) is 5.74. The minimum Gasteiger partial charge on any atom is -0.383 e. The van der Waals surface area contributed by atoms with Gasteiger partial charge in [0, 0.05) is 25.8 Å². The Morgan fingerprint density at radius 2 is 2.15 bits per heavy atom. The van der Waals surface area contributed by atoms with Crippen LogP contribution >= 0.6 is 11.3 Å². The Labute approximate surface area is 160 Å². The van der Waals surface area contributed by atoms with Gasteiger partial charge < -0.3 is 19.8 Å². The number of hydrogen-bond acceptors (Lipinski definition) is 5. The van der Waals surface area contributed by atoms with Gasteiger partial charge in [0.15, 0.2) is 5.82 Å². The molecule has 0 aliphatic heterocycles. The second kappa shape index (κ2) is 7.50. The number of carbonyl (C=O) groups excluding carboxylic acids is 2. The lowest BCUT2D eigenvalue weighted by Crippen LogP contribution is -2.26. The molecule has 1 fully saturated rings. The molecule has 0 radical (unpaired) electrons. The van der Waals surface area contributed by atoms with E-state index in [-0.39, 0.29) is 17.7 Å². The van der Waals surface area contributed by atoms with E-state index in [1.54, 1.807) is 7.11 Å². The van der Waals surface area contributed by atoms with Gasteiger partial charge in [0.2, 0.25) is 5.91 Å². The third-order valence-corrected chi connectivity index (χ3v) is 5.33. The Kier molecular flexibility index (Phi) is 4.91. The van der Waals surface area contributed by atoms with E-state index in [9.17, 15) is 9.59 Å². The summed E-state index contributed by atoms with van der Waals surface area (Å²) in [7, 11) is 1.60. The van der Waals surface area contributed by atoms with Crippen LogP contribution in [0.2, 0.25) is 0 Å². The first-order valence-electron chi connectivity index (χ1n) is 8.80. The number of fused-ring (bicyclic) bond motifs is 1. The molecule has 3 heterocycles. The molecule has 2 amide bonds. The summed E-state index contributed by atoms with van der Waals surface area (Å²) in [5.41, 5.74) is 2.71. The normalized spacial score (nSPS) is 13.7. The van der Waals surface area contributed by atoms with Crippen LogP contribution in [0, 0.1) is 5.92 Å². The fourth-order valence-corrected chi connectivity index (χ4v) is 3.59. The van der Waals surface area contributed by atoms with E-state index < -0.39 is 0 Å². The predicted octanol–water partition coefficient (Wildman–Crippen LogP) is 2.79. The Bertz CT molecular complexity index is 990. The number of ether oxygens (including phenoxy) is 1. The van der Waals surface area contributed by atoms with Gasteiger partial charge in [-0.05, 0) is 47.5 Å². The predicted molar refractivity (Wildman–Crippen MR) is 104 cm³/mol. The first kappa shape index (κ1) is 17.7. The second-order valence-electron chi connectivity index (χ2n) is 6.52. The molecule has 0 spiro atoms. The van der Waals surface area contributed by atoms with E-state index in [0.717, 1.165) is 29.6 Å². The number of carbonyl (C=O) groups is 2. The molecule has 0 bridgehead atoms. The largest absolute Gasteiger partial charge is 0.383 e. The maximum absolute atomic E-state index is 12.1. The van der Waals surface area contributed by atoms with Crippen LogP contribution < -0.4 is 10.6 Å². The van der Waals surface area contributed by atoms with Crippen LogP contribution in [0.4, 0.5) is 5.82 Å². The fourth-order valence-electron chi connectivity index (χ4n) is 2.76. The van der Waals surface area contributed by atoms with Crippen molar-refractivity contribution < 1.29 is 14.3 Å². The SMILES string of the molecule is COCCNC(=O)c1cc(-c2ccc3nc(NC(=O)C4CC4)cn3c2)cs1. The molecule has 1 aliphatic rings. The van der Waals surface area contributed by atoms with E-state index in [2.05, 4.69) is 15.6 Å². The van der Waals surface area contributed by atoms with Crippen molar-refractivity contribution in [3.05, 3.63) is 40.8 Å². The monoisotopic (exact) mass is 384 g/mol. The van der Waals surface area contributed by atoms with Gasteiger partial charge in [-0.3, -0.25) is 9.59 Å². The van der Waals surface area contributed by atoms with Crippen LogP contribution in [-0.4, -0.2) is 41.5 Å². The van der Waals surface area contributed by atoms with E-state index >= 15 is 0 Å². The van der Waals surface area contributed by atoms with Crippen LogP contribution in [0.3, 0.4) is 0 Å². The summed E-state index contributed by atoms with van der Waals surface area (Å²) >= 11 is 1.40. The molecule has 140 valence electrons. The molecule has 7 nitrogen and oxygen atoms in total. The number of nitrogens with zero attached hydrogens (tertiary/aromatic N) is 2. The van der Waals surface area contributed by atoms with Gasteiger partial charge in [-0.15, -0.1) is 11.3 Å². The summed E-state index contributed by atoms with van der Waals surface area (Å²) in [6.07, 6.45) is 5.68. The maximum atomic E-state index is 12.1. The molecular weight excluding hydrogens is 364 g/mol. The average Bonchev–Trinajstić information content (AvgIpc) is 3.26. The summed E-state index contributed by atoms with van der Waals surface area (Å²) in [5, 5.41) is 7.64. The third kappa shape index (κ3) is 4.01. The first-order valence-corrected chi connectivity index (χ1v) is 9.67. The van der Waals surface area contributed by atoms with Gasteiger partial charge in [-0.2, -0.15) is 0 Å². The van der Waals surface area contributed by atoms with Gasteiger partial charge in [-0.1, -0.05) is 0 Å². The zero-order chi connectivity index (χ0) is 18.8. The maximum Gasteiger partial charge on any atom is 0.261 e. The zero-order valence-corrected chi connectivity index (χ0v) is 15.7. The van der Waals surface area contributed by atoms with E-state index in [0.29, 0.717) is 23.8 Å². The van der Waals surface area contributed by atoms with Gasteiger partial charge in [0.05, 0.1) is 17.7 Å². The van der Waals surface area contributed by atoms with Crippen LogP contribution in [0.15, 0.2) is 36.0 Å². The van der Waals surface area contributed by atoms with Crippen molar-refractivity contribution >= 4 is 34.6 Å². The van der Waals surface area contributed by atoms with Crippen LogP contribution in [0.1, 0.15) is 22.5 Å². The number of imidazole rings is 1. The summed E-state index contributed by atoms with van der Waals surface area (Å²) in [5.74, 6) is 0.648. The topological polar surface area (TPSA) is 84.7 Å². The van der Waals surface area contributed by atoms with E-state index in [1.165, 1.54) is 11.3 Å². The molecule has 1 saturated carbocycles. The van der Waals surface area contributed by atoms with Crippen molar-refractivity contribution in [2.45, 2.75) is 12.8 Å². The van der Waals surface area contributed by atoms with Gasteiger partial charge >= 0.3 is 0 Å². The van der Waals surface area contributed by atoms with Crippen molar-refractivity contribution in [3.63, 3.8) is 0 Å². The third-order valence-electron chi connectivity index (χ3n) is 4.40. The molecule has 4 rings (SSSR count). The molecule has 27 heavy (non-hydrogen) atoms. The number of thiophene rings is 1. The lowest BCUT2D eigenvalue weighted by Gasteiger charge is -2.02. The lowest BCUT2D eigenvalue weighted by atomic mass is 10.1. The summed E-state index contributed by atoms with van der Waals surface area (Å²) in [6.45, 7) is 0.972. The zero-order valence-electron chi connectivity index (χ0n) is 14.9. The number of amides is 2. The number of nitrogens with one attached hydrogen (secondary N) is 2. The lowest BCUT2D eigenvalue weighted by molar-refractivity contribution is -0.117. The minimum atomic E-state index is -0.0999. The summed E-state index contributed by atoms with van der Waals surface area (Å²) in [4.78, 5) is 29.1. The Hall–Kier alpha value is -2.71. The highest BCUT2D eigenvalue weighted by Gasteiger charge is 2.30. The van der Waals surface area contributed by atoms with Crippen molar-refractivity contribution in [2.24, 2.45) is 5.92 Å².